The Balaban J connectivity index is 1.22. The molecule has 4 heterocycles. The van der Waals surface area contributed by atoms with Gasteiger partial charge in [0.25, 0.3) is 0 Å². The van der Waals surface area contributed by atoms with Crippen LogP contribution in [-0.4, -0.2) is 92.6 Å². The van der Waals surface area contributed by atoms with Gasteiger partial charge >= 0.3 is 12.2 Å². The fourth-order valence-corrected chi connectivity index (χ4v) is 4.97. The van der Waals surface area contributed by atoms with Gasteiger partial charge in [0.05, 0.1) is 6.20 Å². The highest BCUT2D eigenvalue weighted by molar-refractivity contribution is 5.72. The van der Waals surface area contributed by atoms with Crippen molar-refractivity contribution in [2.45, 2.75) is 71.6 Å². The first-order valence-corrected chi connectivity index (χ1v) is 14.9. The minimum absolute atomic E-state index is 0.251. The molecule has 2 aromatic heterocycles. The zero-order valence-electron chi connectivity index (χ0n) is 25.6. The Morgan fingerprint density at radius 1 is 1.05 bits per heavy atom. The lowest BCUT2D eigenvalue weighted by atomic mass is 10.1. The third-order valence-electron chi connectivity index (χ3n) is 7.32. The maximum atomic E-state index is 12.9. The molecule has 2 fully saturated rings. The average Bonchev–Trinajstić information content (AvgIpc) is 3.40. The molecule has 1 aromatic carbocycles. The van der Waals surface area contributed by atoms with E-state index in [1.54, 1.807) is 20.4 Å². The first-order chi connectivity index (χ1) is 20.6. The van der Waals surface area contributed by atoms with Gasteiger partial charge in [0.1, 0.15) is 11.4 Å². The molecule has 0 radical (unpaired) electrons. The molecule has 0 atom stereocenters. The lowest BCUT2D eigenvalue weighted by Crippen LogP contribution is -2.52. The molecule has 3 aromatic rings. The number of rotatable bonds is 7. The van der Waals surface area contributed by atoms with Crippen LogP contribution in [0.5, 0.6) is 5.75 Å². The van der Waals surface area contributed by atoms with Gasteiger partial charge in [-0.3, -0.25) is 0 Å². The van der Waals surface area contributed by atoms with E-state index >= 15 is 0 Å². The van der Waals surface area contributed by atoms with Crippen LogP contribution < -0.4 is 15.4 Å². The molecule has 2 amide bonds. The first-order valence-electron chi connectivity index (χ1n) is 14.9. The number of nitrogens with zero attached hydrogens (tertiary/aromatic N) is 6. The highest BCUT2D eigenvalue weighted by Crippen LogP contribution is 2.24. The summed E-state index contributed by atoms with van der Waals surface area (Å²) in [6.45, 7) is 13.1. The monoisotopic (exact) mass is 594 g/mol. The fraction of sp³-hybridized carbons (Fsp3) is 0.567. The zero-order valence-corrected chi connectivity index (χ0v) is 25.6. The molecule has 2 aliphatic rings. The Morgan fingerprint density at radius 2 is 1.74 bits per heavy atom. The summed E-state index contributed by atoms with van der Waals surface area (Å²) in [7, 11) is 0. The molecule has 2 N–H and O–H groups in total. The second-order valence-corrected chi connectivity index (χ2v) is 12.2. The largest absolute Gasteiger partial charge is 0.444 e. The molecule has 0 aliphatic carbocycles. The van der Waals surface area contributed by atoms with Gasteiger partial charge in [-0.2, -0.15) is 19.6 Å². The Labute approximate surface area is 251 Å². The SMILES string of the molecule is CC(C)c1cnn2c(NCc3cccc(OC(=O)N4CCN(C(=O)OC(C)(C)C)CC4)c3)nc(NC3CCOCC3)nc12. The van der Waals surface area contributed by atoms with Gasteiger partial charge in [0.15, 0.2) is 5.65 Å². The summed E-state index contributed by atoms with van der Waals surface area (Å²) in [6, 6.07) is 7.62. The summed E-state index contributed by atoms with van der Waals surface area (Å²) in [5, 5.41) is 11.4. The Kier molecular flexibility index (Phi) is 9.19. The molecule has 0 bridgehead atoms. The number of carbonyl (C=O) groups excluding carboxylic acids is 2. The Bertz CT molecular complexity index is 1420. The molecule has 232 valence electrons. The molecule has 43 heavy (non-hydrogen) atoms. The van der Waals surface area contributed by atoms with Crippen molar-refractivity contribution in [1.82, 2.24) is 29.4 Å². The minimum Gasteiger partial charge on any atom is -0.444 e. The summed E-state index contributed by atoms with van der Waals surface area (Å²) in [5.41, 5.74) is 2.14. The quantitative estimate of drug-likeness (QED) is 0.402. The average molecular weight is 595 g/mol. The number of nitrogens with one attached hydrogen (secondary N) is 2. The van der Waals surface area contributed by atoms with Crippen molar-refractivity contribution in [2.24, 2.45) is 0 Å². The predicted octanol–water partition coefficient (Wildman–Crippen LogP) is 4.50. The summed E-state index contributed by atoms with van der Waals surface area (Å²) in [6.07, 6.45) is 2.82. The summed E-state index contributed by atoms with van der Waals surface area (Å²) >= 11 is 0. The fourth-order valence-electron chi connectivity index (χ4n) is 4.97. The van der Waals surface area contributed by atoms with Crippen LogP contribution in [0.2, 0.25) is 0 Å². The van der Waals surface area contributed by atoms with E-state index < -0.39 is 11.7 Å². The number of hydrogen-bond donors (Lipinski definition) is 2. The van der Waals surface area contributed by atoms with Crippen LogP contribution in [-0.2, 0) is 16.0 Å². The number of carbonyl (C=O) groups is 2. The van der Waals surface area contributed by atoms with Crippen molar-refractivity contribution >= 4 is 29.7 Å². The number of piperazine rings is 1. The molecular weight excluding hydrogens is 552 g/mol. The summed E-state index contributed by atoms with van der Waals surface area (Å²) in [4.78, 5) is 38.0. The van der Waals surface area contributed by atoms with Crippen LogP contribution in [0.15, 0.2) is 30.5 Å². The zero-order chi connectivity index (χ0) is 30.6. The maximum Gasteiger partial charge on any atom is 0.415 e. The highest BCUT2D eigenvalue weighted by atomic mass is 16.6. The first kappa shape index (κ1) is 30.3. The third-order valence-corrected chi connectivity index (χ3v) is 7.32. The molecule has 2 aliphatic heterocycles. The van der Waals surface area contributed by atoms with Gasteiger partial charge in [0.2, 0.25) is 11.9 Å². The number of aromatic nitrogens is 4. The second-order valence-electron chi connectivity index (χ2n) is 12.2. The molecule has 0 saturated carbocycles. The van der Waals surface area contributed by atoms with Crippen molar-refractivity contribution in [3.8, 4) is 5.75 Å². The molecule has 5 rings (SSSR count). The summed E-state index contributed by atoms with van der Waals surface area (Å²) in [5.74, 6) is 1.81. The van der Waals surface area contributed by atoms with E-state index in [9.17, 15) is 9.59 Å². The van der Waals surface area contributed by atoms with Gasteiger partial charge in [-0.1, -0.05) is 26.0 Å². The minimum atomic E-state index is -0.564. The van der Waals surface area contributed by atoms with E-state index in [0.717, 1.165) is 42.8 Å². The van der Waals surface area contributed by atoms with Crippen LogP contribution in [0, 0.1) is 0 Å². The van der Waals surface area contributed by atoms with Gasteiger partial charge in [-0.25, -0.2) is 9.59 Å². The topological polar surface area (TPSA) is 135 Å². The van der Waals surface area contributed by atoms with E-state index in [2.05, 4.69) is 29.6 Å². The molecule has 0 unspecified atom stereocenters. The molecule has 0 spiro atoms. The van der Waals surface area contributed by atoms with Crippen LogP contribution in [0.1, 0.15) is 64.5 Å². The normalized spacial score (nSPS) is 16.4. The Morgan fingerprint density at radius 3 is 2.42 bits per heavy atom. The van der Waals surface area contributed by atoms with Gasteiger partial charge < -0.3 is 34.6 Å². The standard InChI is InChI=1S/C30H42N8O5/c1-20(2)24-19-32-38-25(24)34-26(33-22-9-15-41-16-10-22)35-27(38)31-18-21-7-6-8-23(17-21)42-28(39)36-11-13-37(14-12-36)29(40)43-30(3,4)5/h6-8,17,19-20,22H,9-16,18H2,1-5H3,(H2,31,33,34,35). The van der Waals surface area contributed by atoms with Crippen molar-refractivity contribution in [1.29, 1.82) is 0 Å². The molecule has 13 heteroatoms. The molecule has 13 nitrogen and oxygen atoms in total. The van der Waals surface area contributed by atoms with Gasteiger partial charge in [-0.15, -0.1) is 0 Å². The number of ether oxygens (including phenoxy) is 3. The van der Waals surface area contributed by atoms with Crippen LogP contribution in [0.25, 0.3) is 5.65 Å². The van der Waals surface area contributed by atoms with E-state index in [1.807, 2.05) is 45.2 Å². The van der Waals surface area contributed by atoms with Crippen LogP contribution in [0.3, 0.4) is 0 Å². The number of benzene rings is 1. The Hall–Kier alpha value is -4.13. The van der Waals surface area contributed by atoms with Crippen LogP contribution in [0.4, 0.5) is 21.5 Å². The van der Waals surface area contributed by atoms with E-state index in [1.165, 1.54) is 0 Å². The van der Waals surface area contributed by atoms with Gasteiger partial charge in [-0.05, 0) is 57.2 Å². The van der Waals surface area contributed by atoms with E-state index in [0.29, 0.717) is 50.4 Å². The van der Waals surface area contributed by atoms with Gasteiger partial charge in [0, 0.05) is 57.5 Å². The lowest BCUT2D eigenvalue weighted by molar-refractivity contribution is 0.0154. The van der Waals surface area contributed by atoms with Crippen molar-refractivity contribution in [3.05, 3.63) is 41.6 Å². The van der Waals surface area contributed by atoms with E-state index in [-0.39, 0.29) is 18.1 Å². The van der Waals surface area contributed by atoms with Crippen molar-refractivity contribution in [2.75, 3.05) is 50.0 Å². The number of hydrogen-bond acceptors (Lipinski definition) is 10. The molecular formula is C30H42N8O5. The molecule has 2 saturated heterocycles. The smallest absolute Gasteiger partial charge is 0.415 e. The maximum absolute atomic E-state index is 12.9. The number of fused-ring (bicyclic) bond motifs is 1. The number of anilines is 2. The predicted molar refractivity (Wildman–Crippen MR) is 162 cm³/mol. The number of amides is 2. The van der Waals surface area contributed by atoms with E-state index in [4.69, 9.17) is 24.2 Å². The second kappa shape index (κ2) is 13.0. The third kappa shape index (κ3) is 7.83. The van der Waals surface area contributed by atoms with Crippen molar-refractivity contribution in [3.63, 3.8) is 0 Å². The lowest BCUT2D eigenvalue weighted by Gasteiger charge is -2.35. The summed E-state index contributed by atoms with van der Waals surface area (Å²) < 4.78 is 18.3. The highest BCUT2D eigenvalue weighted by Gasteiger charge is 2.28. The van der Waals surface area contributed by atoms with Crippen LogP contribution >= 0.6 is 0 Å². The van der Waals surface area contributed by atoms with Crippen molar-refractivity contribution < 1.29 is 23.8 Å².